The van der Waals surface area contributed by atoms with Crippen LogP contribution in [0.15, 0.2) is 42.5 Å². The van der Waals surface area contributed by atoms with Crippen molar-refractivity contribution < 1.29 is 28.5 Å². The fourth-order valence-corrected chi connectivity index (χ4v) is 2.49. The molecule has 1 aliphatic rings. The summed E-state index contributed by atoms with van der Waals surface area (Å²) in [6.07, 6.45) is -0.836. The molecule has 0 N–H and O–H groups in total. The molecule has 0 radical (unpaired) electrons. The fourth-order valence-electron chi connectivity index (χ4n) is 2.49. The largest absolute Gasteiger partial charge is 0.496 e. The number of hydrogen-bond acceptors (Lipinski definition) is 6. The van der Waals surface area contributed by atoms with E-state index in [-0.39, 0.29) is 19.0 Å². The molecular weight excluding hydrogens is 324 g/mol. The molecule has 0 bridgehead atoms. The van der Waals surface area contributed by atoms with E-state index >= 15 is 0 Å². The van der Waals surface area contributed by atoms with E-state index < -0.39 is 12.1 Å². The van der Waals surface area contributed by atoms with Crippen LogP contribution in [0.4, 0.5) is 0 Å². The Labute approximate surface area is 145 Å². The van der Waals surface area contributed by atoms with E-state index in [1.54, 1.807) is 36.4 Å². The van der Waals surface area contributed by atoms with Crippen LogP contribution in [0, 0.1) is 0 Å². The summed E-state index contributed by atoms with van der Waals surface area (Å²) in [5.74, 6) is 1.04. The summed E-state index contributed by atoms with van der Waals surface area (Å²) in [5, 5.41) is 0. The van der Waals surface area contributed by atoms with Gasteiger partial charge in [-0.3, -0.25) is 4.79 Å². The van der Waals surface area contributed by atoms with E-state index in [9.17, 15) is 9.59 Å². The topological polar surface area (TPSA) is 71.1 Å². The summed E-state index contributed by atoms with van der Waals surface area (Å²) < 4.78 is 21.7. The number of benzene rings is 2. The summed E-state index contributed by atoms with van der Waals surface area (Å²) in [6.45, 7) is 1.54. The Hall–Kier alpha value is -3.02. The number of hydrogen-bond donors (Lipinski definition) is 0. The molecule has 0 saturated carbocycles. The van der Waals surface area contributed by atoms with Gasteiger partial charge < -0.3 is 18.9 Å². The zero-order valence-electron chi connectivity index (χ0n) is 14.0. The van der Waals surface area contributed by atoms with Gasteiger partial charge in [0, 0.05) is 11.1 Å². The quantitative estimate of drug-likeness (QED) is 0.615. The molecule has 0 saturated heterocycles. The first-order chi connectivity index (χ1) is 12.1. The van der Waals surface area contributed by atoms with Crippen LogP contribution in [0.5, 0.6) is 17.2 Å². The second-order valence-corrected chi connectivity index (χ2v) is 5.55. The molecular formula is C19H18O6. The zero-order chi connectivity index (χ0) is 17.8. The van der Waals surface area contributed by atoms with Gasteiger partial charge in [0.25, 0.3) is 0 Å². The number of Topliss-reactive ketones (excluding diaryl/α,β-unsaturated/α-hetero) is 1. The lowest BCUT2D eigenvalue weighted by molar-refractivity contribution is -0.155. The number of carbonyl (C=O) groups is 2. The predicted molar refractivity (Wildman–Crippen MR) is 89.1 cm³/mol. The van der Waals surface area contributed by atoms with Crippen LogP contribution in [0.25, 0.3) is 0 Å². The summed E-state index contributed by atoms with van der Waals surface area (Å²) in [7, 11) is 1.52. The van der Waals surface area contributed by atoms with E-state index in [4.69, 9.17) is 18.9 Å². The van der Waals surface area contributed by atoms with Gasteiger partial charge in [-0.05, 0) is 37.3 Å². The Balaban J connectivity index is 1.67. The molecule has 2 aromatic rings. The number of rotatable bonds is 5. The molecule has 0 spiro atoms. The van der Waals surface area contributed by atoms with Crippen LogP contribution < -0.4 is 14.2 Å². The van der Waals surface area contributed by atoms with Crippen LogP contribution >= 0.6 is 0 Å². The molecule has 6 nitrogen and oxygen atoms in total. The summed E-state index contributed by atoms with van der Waals surface area (Å²) >= 11 is 0. The average molecular weight is 342 g/mol. The highest BCUT2D eigenvalue weighted by molar-refractivity contribution is 5.94. The highest BCUT2D eigenvalue weighted by Crippen LogP contribution is 2.31. The Morgan fingerprint density at radius 1 is 1.16 bits per heavy atom. The molecule has 6 heteroatoms. The first-order valence-electron chi connectivity index (χ1n) is 7.81. The molecule has 0 aliphatic carbocycles. The Morgan fingerprint density at radius 3 is 2.64 bits per heavy atom. The van der Waals surface area contributed by atoms with Gasteiger partial charge in [-0.1, -0.05) is 12.1 Å². The molecule has 1 atom stereocenters. The molecule has 25 heavy (non-hydrogen) atoms. The van der Waals surface area contributed by atoms with Gasteiger partial charge in [0.15, 0.2) is 17.3 Å². The van der Waals surface area contributed by atoms with Crippen molar-refractivity contribution in [2.45, 2.75) is 19.6 Å². The molecule has 0 unspecified atom stereocenters. The van der Waals surface area contributed by atoms with Crippen molar-refractivity contribution in [3.05, 3.63) is 53.6 Å². The summed E-state index contributed by atoms with van der Waals surface area (Å²) in [4.78, 5) is 23.8. The minimum atomic E-state index is -0.836. The highest BCUT2D eigenvalue weighted by atomic mass is 16.6. The molecule has 0 amide bonds. The number of ether oxygens (including phenoxy) is 4. The summed E-state index contributed by atoms with van der Waals surface area (Å²) in [5.41, 5.74) is 1.14. The van der Waals surface area contributed by atoms with E-state index in [0.29, 0.717) is 28.4 Å². The number of esters is 1. The second kappa shape index (κ2) is 7.25. The standard InChI is InChI=1S/C19H18O6/c1-12(20)13-7-8-15(22-2)14(9-13)10-24-19(21)18-11-23-16-5-3-4-6-17(16)25-18/h3-9,18H,10-11H2,1-2H3/t18-/m1/s1. The third-order valence-electron chi connectivity index (χ3n) is 3.83. The monoisotopic (exact) mass is 342 g/mol. The van der Waals surface area contributed by atoms with Crippen LogP contribution in [-0.4, -0.2) is 31.6 Å². The summed E-state index contributed by atoms with van der Waals surface area (Å²) in [6, 6.07) is 12.1. The average Bonchev–Trinajstić information content (AvgIpc) is 2.65. The van der Waals surface area contributed by atoms with Crippen LogP contribution in [0.3, 0.4) is 0 Å². The van der Waals surface area contributed by atoms with Gasteiger partial charge in [-0.15, -0.1) is 0 Å². The van der Waals surface area contributed by atoms with Crippen LogP contribution in [0.1, 0.15) is 22.8 Å². The lowest BCUT2D eigenvalue weighted by Crippen LogP contribution is -2.37. The maximum Gasteiger partial charge on any atom is 0.351 e. The van der Waals surface area contributed by atoms with Crippen LogP contribution in [-0.2, 0) is 16.1 Å². The smallest absolute Gasteiger partial charge is 0.351 e. The minimum absolute atomic E-state index is 0.0232. The van der Waals surface area contributed by atoms with Crippen molar-refractivity contribution in [3.8, 4) is 17.2 Å². The third-order valence-corrected chi connectivity index (χ3v) is 3.83. The van der Waals surface area contributed by atoms with Crippen molar-refractivity contribution in [2.75, 3.05) is 13.7 Å². The number of para-hydroxylation sites is 2. The van der Waals surface area contributed by atoms with E-state index in [1.165, 1.54) is 14.0 Å². The molecule has 1 heterocycles. The molecule has 0 aromatic heterocycles. The molecule has 0 fully saturated rings. The van der Waals surface area contributed by atoms with Gasteiger partial charge >= 0.3 is 5.97 Å². The molecule has 1 aliphatic heterocycles. The van der Waals surface area contributed by atoms with Crippen molar-refractivity contribution in [2.24, 2.45) is 0 Å². The number of ketones is 1. The van der Waals surface area contributed by atoms with Gasteiger partial charge in [-0.2, -0.15) is 0 Å². The van der Waals surface area contributed by atoms with Crippen molar-refractivity contribution in [3.63, 3.8) is 0 Å². The van der Waals surface area contributed by atoms with E-state index in [2.05, 4.69) is 0 Å². The lowest BCUT2D eigenvalue weighted by Gasteiger charge is -2.25. The number of carbonyl (C=O) groups excluding carboxylic acids is 2. The maximum absolute atomic E-state index is 12.3. The van der Waals surface area contributed by atoms with Gasteiger partial charge in [0.1, 0.15) is 19.0 Å². The zero-order valence-corrected chi connectivity index (χ0v) is 14.0. The Bertz CT molecular complexity index is 798. The fraction of sp³-hybridized carbons (Fsp3) is 0.263. The number of methoxy groups -OCH3 is 1. The predicted octanol–water partition coefficient (Wildman–Crippen LogP) is 2.78. The molecule has 2 aromatic carbocycles. The first-order valence-corrected chi connectivity index (χ1v) is 7.81. The van der Waals surface area contributed by atoms with Crippen molar-refractivity contribution in [1.29, 1.82) is 0 Å². The third kappa shape index (κ3) is 3.74. The highest BCUT2D eigenvalue weighted by Gasteiger charge is 2.28. The van der Waals surface area contributed by atoms with Crippen molar-refractivity contribution in [1.82, 2.24) is 0 Å². The Morgan fingerprint density at radius 2 is 1.92 bits per heavy atom. The molecule has 130 valence electrons. The Kier molecular flexibility index (Phi) is 4.88. The van der Waals surface area contributed by atoms with Gasteiger partial charge in [0.2, 0.25) is 6.10 Å². The maximum atomic E-state index is 12.3. The lowest BCUT2D eigenvalue weighted by atomic mass is 10.1. The first kappa shape index (κ1) is 16.8. The SMILES string of the molecule is COc1ccc(C(C)=O)cc1COC(=O)[C@H]1COc2ccccc2O1. The second-order valence-electron chi connectivity index (χ2n) is 5.55. The van der Waals surface area contributed by atoms with E-state index in [0.717, 1.165) is 0 Å². The van der Waals surface area contributed by atoms with Crippen molar-refractivity contribution >= 4 is 11.8 Å². The molecule has 3 rings (SSSR count). The van der Waals surface area contributed by atoms with Gasteiger partial charge in [-0.25, -0.2) is 4.79 Å². The normalized spacial score (nSPS) is 15.4. The van der Waals surface area contributed by atoms with E-state index in [1.807, 2.05) is 6.07 Å². The minimum Gasteiger partial charge on any atom is -0.496 e. The van der Waals surface area contributed by atoms with Crippen LogP contribution in [0.2, 0.25) is 0 Å². The number of fused-ring (bicyclic) bond motifs is 1. The van der Waals surface area contributed by atoms with Gasteiger partial charge in [0.05, 0.1) is 7.11 Å².